The molecule has 0 amide bonds. The first kappa shape index (κ1) is 15.4. The number of benzene rings is 1. The van der Waals surface area contributed by atoms with Crippen molar-refractivity contribution >= 4 is 0 Å². The van der Waals surface area contributed by atoms with Gasteiger partial charge in [0.15, 0.2) is 0 Å². The highest BCUT2D eigenvalue weighted by atomic mass is 16.5. The van der Waals surface area contributed by atoms with Crippen LogP contribution in [0.5, 0.6) is 0 Å². The SMILES string of the molecule is C=C[C@H]1CN2[C@@H](OC3C[C@H](C)CCC3C2(C)C)c2ccccc21. The van der Waals surface area contributed by atoms with Gasteiger partial charge in [-0.3, -0.25) is 4.90 Å². The number of hydrogen-bond donors (Lipinski definition) is 0. The maximum absolute atomic E-state index is 6.71. The van der Waals surface area contributed by atoms with Crippen LogP contribution < -0.4 is 0 Å². The van der Waals surface area contributed by atoms with Crippen molar-refractivity contribution in [2.45, 2.75) is 63.8 Å². The van der Waals surface area contributed by atoms with Gasteiger partial charge in [0.2, 0.25) is 0 Å². The van der Waals surface area contributed by atoms with Crippen LogP contribution in [0, 0.1) is 11.8 Å². The third kappa shape index (κ3) is 2.30. The fourth-order valence-corrected chi connectivity index (χ4v) is 5.20. The van der Waals surface area contributed by atoms with Crippen molar-refractivity contribution < 1.29 is 4.74 Å². The van der Waals surface area contributed by atoms with Crippen LogP contribution in [0.3, 0.4) is 0 Å². The van der Waals surface area contributed by atoms with Gasteiger partial charge in [0.25, 0.3) is 0 Å². The quantitative estimate of drug-likeness (QED) is 0.685. The average Bonchev–Trinajstić information content (AvgIpc) is 2.54. The molecule has 2 fully saturated rings. The minimum atomic E-state index is 0.115. The molecule has 0 spiro atoms. The minimum Gasteiger partial charge on any atom is -0.355 e. The van der Waals surface area contributed by atoms with E-state index in [4.69, 9.17) is 4.74 Å². The minimum absolute atomic E-state index is 0.115. The summed E-state index contributed by atoms with van der Waals surface area (Å²) in [5, 5.41) is 0. The van der Waals surface area contributed by atoms with Gasteiger partial charge < -0.3 is 4.74 Å². The maximum atomic E-state index is 6.71. The number of hydrogen-bond acceptors (Lipinski definition) is 2. The zero-order chi connectivity index (χ0) is 16.2. The molecule has 0 N–H and O–H groups in total. The predicted molar refractivity (Wildman–Crippen MR) is 94.3 cm³/mol. The summed E-state index contributed by atoms with van der Waals surface area (Å²) in [6.07, 6.45) is 6.48. The zero-order valence-electron chi connectivity index (χ0n) is 14.7. The van der Waals surface area contributed by atoms with Gasteiger partial charge in [-0.2, -0.15) is 0 Å². The standard InChI is InChI=1S/C21H29NO/c1-5-15-13-22-20(17-9-7-6-8-16(15)17)23-19-12-14(2)10-11-18(19)21(22,3)4/h5-9,14-15,18-20H,1,10-13H2,2-4H3/t14-,15+,18?,19?,20+/m1/s1. The second kappa shape index (κ2) is 5.46. The highest BCUT2D eigenvalue weighted by Crippen LogP contribution is 2.52. The van der Waals surface area contributed by atoms with Gasteiger partial charge in [0, 0.05) is 23.9 Å². The molecule has 1 aliphatic carbocycles. The summed E-state index contributed by atoms with van der Waals surface area (Å²) in [4.78, 5) is 2.61. The first-order chi connectivity index (χ1) is 11.0. The van der Waals surface area contributed by atoms with Crippen LogP contribution in [-0.4, -0.2) is 23.1 Å². The Kier molecular flexibility index (Phi) is 3.66. The van der Waals surface area contributed by atoms with Crippen molar-refractivity contribution in [1.29, 1.82) is 0 Å². The van der Waals surface area contributed by atoms with Crippen LogP contribution in [-0.2, 0) is 4.74 Å². The van der Waals surface area contributed by atoms with Gasteiger partial charge in [-0.15, -0.1) is 6.58 Å². The van der Waals surface area contributed by atoms with Crippen LogP contribution in [0.25, 0.3) is 0 Å². The van der Waals surface area contributed by atoms with Gasteiger partial charge in [-0.1, -0.05) is 43.7 Å². The molecular weight excluding hydrogens is 282 g/mol. The van der Waals surface area contributed by atoms with E-state index in [0.29, 0.717) is 17.9 Å². The summed E-state index contributed by atoms with van der Waals surface area (Å²) in [6.45, 7) is 12.4. The van der Waals surface area contributed by atoms with Crippen molar-refractivity contribution in [2.24, 2.45) is 11.8 Å². The van der Waals surface area contributed by atoms with E-state index >= 15 is 0 Å². The molecule has 5 atom stereocenters. The topological polar surface area (TPSA) is 12.5 Å². The molecule has 1 aromatic rings. The van der Waals surface area contributed by atoms with Gasteiger partial charge in [-0.25, -0.2) is 0 Å². The van der Waals surface area contributed by atoms with Crippen molar-refractivity contribution in [3.8, 4) is 0 Å². The molecule has 0 aromatic heterocycles. The Labute approximate surface area is 140 Å². The van der Waals surface area contributed by atoms with E-state index in [9.17, 15) is 0 Å². The van der Waals surface area contributed by atoms with Crippen LogP contribution in [0.4, 0.5) is 0 Å². The zero-order valence-corrected chi connectivity index (χ0v) is 14.7. The van der Waals surface area contributed by atoms with Crippen molar-refractivity contribution in [3.05, 3.63) is 48.0 Å². The Morgan fingerprint density at radius 1 is 1.22 bits per heavy atom. The number of ether oxygens (including phenoxy) is 1. The molecule has 124 valence electrons. The van der Waals surface area contributed by atoms with E-state index in [1.807, 2.05) is 0 Å². The lowest BCUT2D eigenvalue weighted by Crippen LogP contribution is -2.63. The largest absolute Gasteiger partial charge is 0.355 e. The molecule has 1 saturated carbocycles. The summed E-state index contributed by atoms with van der Waals surface area (Å²) in [5.41, 5.74) is 2.94. The van der Waals surface area contributed by atoms with Gasteiger partial charge in [0.1, 0.15) is 6.23 Å². The molecule has 1 saturated heterocycles. The predicted octanol–water partition coefficient (Wildman–Crippen LogP) is 4.88. The van der Waals surface area contributed by atoms with E-state index in [2.05, 4.69) is 62.6 Å². The number of fused-ring (bicyclic) bond motifs is 4. The highest BCUT2D eigenvalue weighted by Gasteiger charge is 2.52. The first-order valence-corrected chi connectivity index (χ1v) is 9.16. The lowest BCUT2D eigenvalue weighted by Gasteiger charge is -2.59. The molecule has 2 aliphatic heterocycles. The molecule has 2 nitrogen and oxygen atoms in total. The number of rotatable bonds is 1. The molecule has 0 radical (unpaired) electrons. The molecular formula is C21H29NO. The third-order valence-corrected chi connectivity index (χ3v) is 6.63. The van der Waals surface area contributed by atoms with Crippen LogP contribution >= 0.6 is 0 Å². The summed E-state index contributed by atoms with van der Waals surface area (Å²) in [7, 11) is 0. The Bertz CT molecular complexity index is 608. The molecule has 1 aromatic carbocycles. The summed E-state index contributed by atoms with van der Waals surface area (Å²) < 4.78 is 6.71. The fourth-order valence-electron chi connectivity index (χ4n) is 5.20. The molecule has 2 heterocycles. The third-order valence-electron chi connectivity index (χ3n) is 6.63. The maximum Gasteiger partial charge on any atom is 0.137 e. The summed E-state index contributed by atoms with van der Waals surface area (Å²) >= 11 is 0. The molecule has 2 heteroatoms. The smallest absolute Gasteiger partial charge is 0.137 e. The summed E-state index contributed by atoms with van der Waals surface area (Å²) in [5.74, 6) is 1.84. The fraction of sp³-hybridized carbons (Fsp3) is 0.619. The van der Waals surface area contributed by atoms with Gasteiger partial charge in [-0.05, 0) is 43.7 Å². The molecule has 3 aliphatic rings. The average molecular weight is 311 g/mol. The van der Waals surface area contributed by atoms with E-state index in [-0.39, 0.29) is 11.8 Å². The second-order valence-electron chi connectivity index (χ2n) is 8.33. The van der Waals surface area contributed by atoms with Crippen LogP contribution in [0.2, 0.25) is 0 Å². The highest BCUT2D eigenvalue weighted by molar-refractivity contribution is 5.38. The Morgan fingerprint density at radius 3 is 2.70 bits per heavy atom. The summed E-state index contributed by atoms with van der Waals surface area (Å²) in [6, 6.07) is 8.80. The second-order valence-corrected chi connectivity index (χ2v) is 8.33. The Hall–Kier alpha value is -1.12. The van der Waals surface area contributed by atoms with Gasteiger partial charge in [0.05, 0.1) is 6.10 Å². The lowest BCUT2D eigenvalue weighted by atomic mass is 9.68. The van der Waals surface area contributed by atoms with Crippen molar-refractivity contribution in [1.82, 2.24) is 4.90 Å². The molecule has 4 rings (SSSR count). The first-order valence-electron chi connectivity index (χ1n) is 9.16. The lowest BCUT2D eigenvalue weighted by molar-refractivity contribution is -0.241. The van der Waals surface area contributed by atoms with Crippen molar-refractivity contribution in [3.63, 3.8) is 0 Å². The number of nitrogens with zero attached hydrogens (tertiary/aromatic N) is 1. The van der Waals surface area contributed by atoms with Crippen LogP contribution in [0.1, 0.15) is 63.3 Å². The van der Waals surface area contributed by atoms with Crippen LogP contribution in [0.15, 0.2) is 36.9 Å². The van der Waals surface area contributed by atoms with Crippen molar-refractivity contribution in [2.75, 3.05) is 6.54 Å². The monoisotopic (exact) mass is 311 g/mol. The molecule has 23 heavy (non-hydrogen) atoms. The molecule has 2 unspecified atom stereocenters. The van der Waals surface area contributed by atoms with Gasteiger partial charge >= 0.3 is 0 Å². The molecule has 0 bridgehead atoms. The van der Waals surface area contributed by atoms with E-state index in [1.54, 1.807) is 0 Å². The van der Waals surface area contributed by atoms with E-state index < -0.39 is 0 Å². The van der Waals surface area contributed by atoms with E-state index in [1.165, 1.54) is 30.4 Å². The Morgan fingerprint density at radius 2 is 1.96 bits per heavy atom. The Balaban J connectivity index is 1.77. The normalized spacial score (nSPS) is 39.0. The van der Waals surface area contributed by atoms with E-state index in [0.717, 1.165) is 12.5 Å².